The van der Waals surface area contributed by atoms with Crippen molar-refractivity contribution in [2.75, 3.05) is 0 Å². The molecule has 3 rings (SSSR count). The topological polar surface area (TPSA) is 26.3 Å². The Morgan fingerprint density at radius 2 is 1.87 bits per heavy atom. The number of ether oxygens (including phenoxy) is 1. The zero-order valence-electron chi connectivity index (χ0n) is 8.56. The van der Waals surface area contributed by atoms with E-state index in [-0.39, 0.29) is 18.1 Å². The molecule has 78 valence electrons. The van der Waals surface area contributed by atoms with Crippen LogP contribution in [0, 0.1) is 5.92 Å². The maximum absolute atomic E-state index is 10.8. The lowest BCUT2D eigenvalue weighted by atomic mass is 9.88. The zero-order chi connectivity index (χ0) is 10.3. The zero-order valence-corrected chi connectivity index (χ0v) is 8.56. The van der Waals surface area contributed by atoms with E-state index in [0.717, 1.165) is 25.5 Å². The smallest absolute Gasteiger partial charge is 0.123 e. The largest absolute Gasteiger partial charge is 0.366 e. The summed E-state index contributed by atoms with van der Waals surface area (Å²) in [5.41, 5.74) is 2.64. The SMILES string of the molecule is O=C[C@@H]1CC[C@H]2O[C@@H](C1)c1ccccc12. The van der Waals surface area contributed by atoms with Gasteiger partial charge in [-0.3, -0.25) is 0 Å². The number of fused-ring (bicyclic) bond motifs is 5. The van der Waals surface area contributed by atoms with E-state index >= 15 is 0 Å². The number of carbonyl (C=O) groups excluding carboxylic acids is 1. The van der Waals surface area contributed by atoms with Gasteiger partial charge in [0, 0.05) is 5.92 Å². The van der Waals surface area contributed by atoms with Gasteiger partial charge in [0.2, 0.25) is 0 Å². The first-order valence-corrected chi connectivity index (χ1v) is 5.58. The van der Waals surface area contributed by atoms with Crippen molar-refractivity contribution < 1.29 is 9.53 Å². The minimum atomic E-state index is 0.156. The molecule has 2 heterocycles. The molecule has 2 aliphatic heterocycles. The van der Waals surface area contributed by atoms with E-state index in [0.29, 0.717) is 0 Å². The molecule has 0 saturated carbocycles. The van der Waals surface area contributed by atoms with Gasteiger partial charge in [0.05, 0.1) is 12.2 Å². The van der Waals surface area contributed by atoms with E-state index in [1.165, 1.54) is 11.1 Å². The van der Waals surface area contributed by atoms with Crippen molar-refractivity contribution in [3.63, 3.8) is 0 Å². The van der Waals surface area contributed by atoms with Crippen LogP contribution in [0.25, 0.3) is 0 Å². The van der Waals surface area contributed by atoms with Gasteiger partial charge in [-0.15, -0.1) is 0 Å². The highest BCUT2D eigenvalue weighted by Gasteiger charge is 2.35. The van der Waals surface area contributed by atoms with Crippen LogP contribution in [0.4, 0.5) is 0 Å². The third-order valence-corrected chi connectivity index (χ3v) is 3.53. The predicted molar refractivity (Wildman–Crippen MR) is 56.4 cm³/mol. The van der Waals surface area contributed by atoms with Crippen molar-refractivity contribution in [3.05, 3.63) is 35.4 Å². The first kappa shape index (κ1) is 9.10. The van der Waals surface area contributed by atoms with Gasteiger partial charge < -0.3 is 9.53 Å². The average molecular weight is 202 g/mol. The van der Waals surface area contributed by atoms with E-state index in [2.05, 4.69) is 24.3 Å². The van der Waals surface area contributed by atoms with Gasteiger partial charge in [-0.1, -0.05) is 24.3 Å². The molecule has 2 aliphatic rings. The summed E-state index contributed by atoms with van der Waals surface area (Å²) in [7, 11) is 0. The van der Waals surface area contributed by atoms with Gasteiger partial charge in [-0.05, 0) is 30.4 Å². The quantitative estimate of drug-likeness (QED) is 0.654. The molecule has 1 saturated heterocycles. The Kier molecular flexibility index (Phi) is 2.10. The second kappa shape index (κ2) is 3.46. The van der Waals surface area contributed by atoms with Gasteiger partial charge in [-0.25, -0.2) is 0 Å². The number of benzene rings is 1. The molecular weight excluding hydrogens is 188 g/mol. The standard InChI is InChI=1S/C13H14O2/c14-8-9-5-6-12-10-3-1-2-4-11(10)13(7-9)15-12/h1-4,8-9,12-13H,5-7H2/t9-,12-,13+/m1/s1. The molecule has 2 nitrogen and oxygen atoms in total. The van der Waals surface area contributed by atoms with Crippen molar-refractivity contribution in [1.82, 2.24) is 0 Å². The highest BCUT2D eigenvalue weighted by atomic mass is 16.5. The summed E-state index contributed by atoms with van der Waals surface area (Å²) in [6, 6.07) is 8.40. The molecular formula is C13H14O2. The molecule has 2 bridgehead atoms. The van der Waals surface area contributed by atoms with Crippen molar-refractivity contribution >= 4 is 6.29 Å². The highest BCUT2D eigenvalue weighted by Crippen LogP contribution is 2.47. The van der Waals surface area contributed by atoms with Gasteiger partial charge in [0.15, 0.2) is 0 Å². The molecule has 0 aliphatic carbocycles. The molecule has 0 spiro atoms. The maximum atomic E-state index is 10.8. The van der Waals surface area contributed by atoms with Crippen LogP contribution in [-0.4, -0.2) is 6.29 Å². The molecule has 1 fully saturated rings. The van der Waals surface area contributed by atoms with Crippen molar-refractivity contribution in [2.24, 2.45) is 5.92 Å². The Morgan fingerprint density at radius 1 is 1.13 bits per heavy atom. The van der Waals surface area contributed by atoms with Gasteiger partial charge in [-0.2, -0.15) is 0 Å². The third kappa shape index (κ3) is 1.40. The summed E-state index contributed by atoms with van der Waals surface area (Å²) in [6.45, 7) is 0. The van der Waals surface area contributed by atoms with Crippen molar-refractivity contribution in [1.29, 1.82) is 0 Å². The van der Waals surface area contributed by atoms with Gasteiger partial charge in [0.25, 0.3) is 0 Å². The molecule has 0 amide bonds. The van der Waals surface area contributed by atoms with Crippen LogP contribution in [-0.2, 0) is 9.53 Å². The lowest BCUT2D eigenvalue weighted by Crippen LogP contribution is -2.07. The van der Waals surface area contributed by atoms with Crippen LogP contribution in [0.1, 0.15) is 42.6 Å². The molecule has 2 heteroatoms. The molecule has 0 N–H and O–H groups in total. The summed E-state index contributed by atoms with van der Waals surface area (Å²) in [5, 5.41) is 0. The number of rotatable bonds is 1. The summed E-state index contributed by atoms with van der Waals surface area (Å²) in [5.74, 6) is 0.188. The van der Waals surface area contributed by atoms with Gasteiger partial charge in [0.1, 0.15) is 6.29 Å². The first-order valence-electron chi connectivity index (χ1n) is 5.58. The Labute approximate surface area is 89.2 Å². The van der Waals surface area contributed by atoms with E-state index in [1.54, 1.807) is 0 Å². The van der Waals surface area contributed by atoms with Crippen LogP contribution >= 0.6 is 0 Å². The molecule has 3 atom stereocenters. The Hall–Kier alpha value is -1.15. The fourth-order valence-electron chi connectivity index (χ4n) is 2.73. The number of hydrogen-bond donors (Lipinski definition) is 0. The monoisotopic (exact) mass is 202 g/mol. The Morgan fingerprint density at radius 3 is 2.60 bits per heavy atom. The van der Waals surface area contributed by atoms with Gasteiger partial charge >= 0.3 is 0 Å². The molecule has 0 aromatic heterocycles. The molecule has 0 unspecified atom stereocenters. The first-order chi connectivity index (χ1) is 7.38. The molecule has 15 heavy (non-hydrogen) atoms. The van der Waals surface area contributed by atoms with Crippen LogP contribution in [0.5, 0.6) is 0 Å². The highest BCUT2D eigenvalue weighted by molar-refractivity contribution is 5.54. The summed E-state index contributed by atoms with van der Waals surface area (Å²) in [4.78, 5) is 10.8. The summed E-state index contributed by atoms with van der Waals surface area (Å²) < 4.78 is 5.97. The molecule has 1 aromatic carbocycles. The van der Waals surface area contributed by atoms with Crippen LogP contribution < -0.4 is 0 Å². The molecule has 0 radical (unpaired) electrons. The fraction of sp³-hybridized carbons (Fsp3) is 0.462. The van der Waals surface area contributed by atoms with E-state index in [4.69, 9.17) is 4.74 Å². The fourth-order valence-corrected chi connectivity index (χ4v) is 2.73. The summed E-state index contributed by atoms with van der Waals surface area (Å²) in [6.07, 6.45) is 4.29. The van der Waals surface area contributed by atoms with Crippen molar-refractivity contribution in [2.45, 2.75) is 31.5 Å². The van der Waals surface area contributed by atoms with Crippen LogP contribution in [0.15, 0.2) is 24.3 Å². The van der Waals surface area contributed by atoms with E-state index in [1.807, 2.05) is 0 Å². The lowest BCUT2D eigenvalue weighted by Gasteiger charge is -2.13. The van der Waals surface area contributed by atoms with E-state index < -0.39 is 0 Å². The summed E-state index contributed by atoms with van der Waals surface area (Å²) >= 11 is 0. The normalized spacial score (nSPS) is 33.2. The average Bonchev–Trinajstić information content (AvgIpc) is 2.48. The maximum Gasteiger partial charge on any atom is 0.123 e. The molecule has 1 aromatic rings. The third-order valence-electron chi connectivity index (χ3n) is 3.53. The number of hydrogen-bond acceptors (Lipinski definition) is 2. The second-order valence-corrected chi connectivity index (χ2v) is 4.45. The predicted octanol–water partition coefficient (Wildman–Crippen LogP) is 2.80. The lowest BCUT2D eigenvalue weighted by molar-refractivity contribution is -0.111. The van der Waals surface area contributed by atoms with Crippen molar-refractivity contribution in [3.8, 4) is 0 Å². The minimum Gasteiger partial charge on any atom is -0.366 e. The van der Waals surface area contributed by atoms with Crippen LogP contribution in [0.3, 0.4) is 0 Å². The van der Waals surface area contributed by atoms with Crippen LogP contribution in [0.2, 0.25) is 0 Å². The Balaban J connectivity index is 1.99. The second-order valence-electron chi connectivity index (χ2n) is 4.45. The number of carbonyl (C=O) groups is 1. The van der Waals surface area contributed by atoms with E-state index in [9.17, 15) is 4.79 Å². The number of aldehydes is 1. The Bertz CT molecular complexity index is 386. The minimum absolute atomic E-state index is 0.156.